The minimum atomic E-state index is -4.67. The van der Waals surface area contributed by atoms with Gasteiger partial charge in [-0.05, 0) is 23.9 Å². The average Bonchev–Trinajstić information content (AvgIpc) is 2.80. The number of alkyl halides is 4. The Morgan fingerprint density at radius 3 is 2.47 bits per heavy atom. The predicted octanol–water partition coefficient (Wildman–Crippen LogP) is 5.58. The Balaban J connectivity index is 2.30. The molecule has 0 bridgehead atoms. The molecule has 2 aromatic rings. The van der Waals surface area contributed by atoms with Gasteiger partial charge in [-0.15, -0.1) is 11.3 Å². The fourth-order valence-electron chi connectivity index (χ4n) is 1.73. The van der Waals surface area contributed by atoms with Crippen molar-refractivity contribution in [3.63, 3.8) is 0 Å². The molecule has 0 aliphatic rings. The van der Waals surface area contributed by atoms with Crippen molar-refractivity contribution < 1.29 is 17.6 Å². The maximum absolute atomic E-state index is 13.9. The molecule has 1 aromatic carbocycles. The van der Waals surface area contributed by atoms with E-state index in [2.05, 4.69) is 15.9 Å². The van der Waals surface area contributed by atoms with Crippen molar-refractivity contribution >= 4 is 27.3 Å². The zero-order valence-electron chi connectivity index (χ0n) is 9.55. The molecule has 0 saturated carbocycles. The lowest BCUT2D eigenvalue weighted by molar-refractivity contribution is -0.140. The minimum Gasteiger partial charge on any atom is -0.206 e. The van der Waals surface area contributed by atoms with Crippen LogP contribution in [0.3, 0.4) is 0 Å². The van der Waals surface area contributed by atoms with E-state index in [1.54, 1.807) is 0 Å². The van der Waals surface area contributed by atoms with Crippen molar-refractivity contribution in [3.05, 3.63) is 57.5 Å². The van der Waals surface area contributed by atoms with Crippen molar-refractivity contribution in [1.82, 2.24) is 0 Å². The van der Waals surface area contributed by atoms with Gasteiger partial charge in [-0.1, -0.05) is 34.1 Å². The van der Waals surface area contributed by atoms with Gasteiger partial charge in [-0.2, -0.15) is 13.2 Å². The summed E-state index contributed by atoms with van der Waals surface area (Å²) in [5.74, 6) is -1.20. The maximum atomic E-state index is 13.9. The predicted molar refractivity (Wildman–Crippen MR) is 71.1 cm³/mol. The molecule has 0 spiro atoms. The van der Waals surface area contributed by atoms with Crippen molar-refractivity contribution in [2.24, 2.45) is 0 Å². The molecule has 0 saturated heterocycles. The van der Waals surface area contributed by atoms with Gasteiger partial charge in [0.05, 0.1) is 5.56 Å². The van der Waals surface area contributed by atoms with E-state index < -0.39 is 22.4 Å². The Labute approximate surface area is 120 Å². The fraction of sp³-hybridized carbons (Fsp3) is 0.231. The third-order valence-electron chi connectivity index (χ3n) is 2.63. The van der Waals surface area contributed by atoms with Crippen LogP contribution in [0.1, 0.15) is 20.8 Å². The molecule has 19 heavy (non-hydrogen) atoms. The van der Waals surface area contributed by atoms with E-state index in [1.165, 1.54) is 23.5 Å². The second kappa shape index (κ2) is 5.63. The van der Waals surface area contributed by atoms with Crippen LogP contribution in [0.15, 0.2) is 35.7 Å². The van der Waals surface area contributed by atoms with Crippen LogP contribution in [0.2, 0.25) is 0 Å². The second-order valence-corrected chi connectivity index (χ2v) is 6.10. The highest BCUT2D eigenvalue weighted by atomic mass is 79.9. The molecule has 6 heteroatoms. The summed E-state index contributed by atoms with van der Waals surface area (Å²) < 4.78 is 51.7. The SMILES string of the molecule is Fc1c(C(Br)Cc2cccs2)cccc1C(F)(F)F. The van der Waals surface area contributed by atoms with Crippen LogP contribution < -0.4 is 0 Å². The summed E-state index contributed by atoms with van der Waals surface area (Å²) in [6.07, 6.45) is -4.22. The highest BCUT2D eigenvalue weighted by molar-refractivity contribution is 9.09. The molecule has 1 atom stereocenters. The summed E-state index contributed by atoms with van der Waals surface area (Å²) in [6.45, 7) is 0. The molecule has 0 amide bonds. The summed E-state index contributed by atoms with van der Waals surface area (Å²) in [5.41, 5.74) is -1.19. The van der Waals surface area contributed by atoms with Gasteiger partial charge in [0.1, 0.15) is 5.82 Å². The zero-order valence-corrected chi connectivity index (χ0v) is 11.9. The largest absolute Gasteiger partial charge is 0.419 e. The molecule has 1 aromatic heterocycles. The van der Waals surface area contributed by atoms with Gasteiger partial charge in [0.15, 0.2) is 0 Å². The standard InChI is InChI=1S/C13H9BrF4S/c14-11(7-8-3-2-6-19-8)9-4-1-5-10(12(9)15)13(16,17)18/h1-6,11H,7H2. The third kappa shape index (κ3) is 3.36. The molecule has 0 aliphatic carbocycles. The molecule has 0 nitrogen and oxygen atoms in total. The zero-order chi connectivity index (χ0) is 14.0. The van der Waals surface area contributed by atoms with Crippen LogP contribution in [0.25, 0.3) is 0 Å². The summed E-state index contributed by atoms with van der Waals surface area (Å²) in [4.78, 5) is 0.507. The first-order valence-electron chi connectivity index (χ1n) is 5.41. The highest BCUT2D eigenvalue weighted by Gasteiger charge is 2.35. The molecule has 2 rings (SSSR count). The lowest BCUT2D eigenvalue weighted by Gasteiger charge is -2.14. The van der Waals surface area contributed by atoms with E-state index in [4.69, 9.17) is 0 Å². The van der Waals surface area contributed by atoms with Crippen molar-refractivity contribution in [1.29, 1.82) is 0 Å². The number of thiophene rings is 1. The summed E-state index contributed by atoms with van der Waals surface area (Å²) in [7, 11) is 0. The van der Waals surface area contributed by atoms with Gasteiger partial charge in [-0.25, -0.2) is 4.39 Å². The lowest BCUT2D eigenvalue weighted by Crippen LogP contribution is -2.10. The van der Waals surface area contributed by atoms with Crippen LogP contribution in [0, 0.1) is 5.82 Å². The van der Waals surface area contributed by atoms with E-state index in [1.807, 2.05) is 17.5 Å². The molecule has 1 heterocycles. The number of rotatable bonds is 3. The Morgan fingerprint density at radius 1 is 1.16 bits per heavy atom. The van der Waals surface area contributed by atoms with Crippen LogP contribution in [-0.4, -0.2) is 0 Å². The summed E-state index contributed by atoms with van der Waals surface area (Å²) >= 11 is 4.75. The number of hydrogen-bond acceptors (Lipinski definition) is 1. The van der Waals surface area contributed by atoms with Gasteiger partial charge in [0.2, 0.25) is 0 Å². The normalized spacial score (nSPS) is 13.5. The van der Waals surface area contributed by atoms with E-state index in [0.717, 1.165) is 10.9 Å². The van der Waals surface area contributed by atoms with Gasteiger partial charge in [0, 0.05) is 15.3 Å². The van der Waals surface area contributed by atoms with Crippen molar-refractivity contribution in [3.8, 4) is 0 Å². The molecule has 0 N–H and O–H groups in total. The van der Waals surface area contributed by atoms with E-state index in [-0.39, 0.29) is 5.56 Å². The Morgan fingerprint density at radius 2 is 1.89 bits per heavy atom. The van der Waals surface area contributed by atoms with Gasteiger partial charge in [0.25, 0.3) is 0 Å². The first-order chi connectivity index (χ1) is 8.89. The highest BCUT2D eigenvalue weighted by Crippen LogP contribution is 2.37. The topological polar surface area (TPSA) is 0 Å². The first-order valence-corrected chi connectivity index (χ1v) is 7.21. The lowest BCUT2D eigenvalue weighted by atomic mass is 10.0. The van der Waals surface area contributed by atoms with Crippen molar-refractivity contribution in [2.75, 3.05) is 0 Å². The Bertz CT molecular complexity index is 548. The molecular weight excluding hydrogens is 344 g/mol. The van der Waals surface area contributed by atoms with Crippen LogP contribution in [-0.2, 0) is 12.6 Å². The Hall–Kier alpha value is -0.880. The maximum Gasteiger partial charge on any atom is 0.419 e. The van der Waals surface area contributed by atoms with E-state index in [9.17, 15) is 17.6 Å². The number of benzene rings is 1. The smallest absolute Gasteiger partial charge is 0.206 e. The summed E-state index contributed by atoms with van der Waals surface area (Å²) in [6, 6.07) is 7.07. The molecule has 1 unspecified atom stereocenters. The van der Waals surface area contributed by atoms with Gasteiger partial charge in [-0.3, -0.25) is 0 Å². The average molecular weight is 353 g/mol. The second-order valence-electron chi connectivity index (χ2n) is 3.96. The molecule has 0 fully saturated rings. The monoisotopic (exact) mass is 352 g/mol. The number of halogens is 5. The summed E-state index contributed by atoms with van der Waals surface area (Å²) in [5, 5.41) is 1.87. The van der Waals surface area contributed by atoms with Gasteiger partial charge >= 0.3 is 6.18 Å². The molecular formula is C13H9BrF4S. The Kier molecular flexibility index (Phi) is 4.30. The fourth-order valence-corrected chi connectivity index (χ4v) is 3.39. The third-order valence-corrected chi connectivity index (χ3v) is 4.35. The molecule has 0 radical (unpaired) electrons. The van der Waals surface area contributed by atoms with Crippen molar-refractivity contribution in [2.45, 2.75) is 17.4 Å². The quantitative estimate of drug-likeness (QED) is 0.499. The molecule has 102 valence electrons. The molecule has 0 aliphatic heterocycles. The van der Waals surface area contributed by atoms with Crippen LogP contribution >= 0.6 is 27.3 Å². The van der Waals surface area contributed by atoms with Gasteiger partial charge < -0.3 is 0 Å². The van der Waals surface area contributed by atoms with Crippen LogP contribution in [0.4, 0.5) is 17.6 Å². The number of hydrogen-bond donors (Lipinski definition) is 0. The van der Waals surface area contributed by atoms with E-state index in [0.29, 0.717) is 6.42 Å². The van der Waals surface area contributed by atoms with E-state index >= 15 is 0 Å². The first kappa shape index (κ1) is 14.5. The van der Waals surface area contributed by atoms with Crippen LogP contribution in [0.5, 0.6) is 0 Å². The minimum absolute atomic E-state index is 0.0308.